The Hall–Kier alpha value is -3.47. The number of nitrogens with one attached hydrogen (secondary N) is 5. The summed E-state index contributed by atoms with van der Waals surface area (Å²) in [6.45, 7) is 3.30. The third kappa shape index (κ3) is 10.5. The molecule has 0 aliphatic carbocycles. The standard InChI is InChI=1S/C21H33N7O4/c1-13(2)18(30)27-16(9-6-10-25-21(23)24)20(32)26-12-17(29)28-19(31)15(22)11-14-7-4-3-5-8-14/h3-5,7-8,13,15-16H,6,9-12,22H2,1-2H3,(H,26,32)(H,27,30)(H4,23,24,25)(H,28,29,31)/t15-,16-/m0/s1. The summed E-state index contributed by atoms with van der Waals surface area (Å²) >= 11 is 0. The van der Waals surface area contributed by atoms with Crippen molar-refractivity contribution in [2.75, 3.05) is 13.1 Å². The average molecular weight is 448 g/mol. The van der Waals surface area contributed by atoms with Gasteiger partial charge in [0.15, 0.2) is 5.96 Å². The predicted molar refractivity (Wildman–Crippen MR) is 120 cm³/mol. The molecule has 0 saturated heterocycles. The molecule has 11 heteroatoms. The van der Waals surface area contributed by atoms with Gasteiger partial charge >= 0.3 is 0 Å². The van der Waals surface area contributed by atoms with Crippen LogP contribution in [-0.4, -0.2) is 54.8 Å². The van der Waals surface area contributed by atoms with E-state index in [1.54, 1.807) is 13.8 Å². The molecule has 176 valence electrons. The Morgan fingerprint density at radius 2 is 1.66 bits per heavy atom. The van der Waals surface area contributed by atoms with Crippen LogP contribution < -0.4 is 32.7 Å². The van der Waals surface area contributed by atoms with Gasteiger partial charge in [-0.15, -0.1) is 0 Å². The normalized spacial score (nSPS) is 12.4. The van der Waals surface area contributed by atoms with E-state index < -0.39 is 36.3 Å². The van der Waals surface area contributed by atoms with Crippen LogP contribution in [0.15, 0.2) is 30.3 Å². The minimum atomic E-state index is -0.913. The van der Waals surface area contributed by atoms with Crippen LogP contribution >= 0.6 is 0 Å². The van der Waals surface area contributed by atoms with Crippen molar-refractivity contribution in [3.05, 3.63) is 35.9 Å². The summed E-state index contributed by atoms with van der Waals surface area (Å²) in [4.78, 5) is 48.7. The molecule has 1 aromatic rings. The summed E-state index contributed by atoms with van der Waals surface area (Å²) in [5, 5.41) is 17.0. The monoisotopic (exact) mass is 447 g/mol. The van der Waals surface area contributed by atoms with Crippen LogP contribution in [0.5, 0.6) is 0 Å². The van der Waals surface area contributed by atoms with E-state index in [-0.39, 0.29) is 30.6 Å². The fourth-order valence-corrected chi connectivity index (χ4v) is 2.66. The van der Waals surface area contributed by atoms with Gasteiger partial charge in [-0.2, -0.15) is 0 Å². The minimum absolute atomic E-state index is 0.191. The zero-order valence-electron chi connectivity index (χ0n) is 18.4. The van der Waals surface area contributed by atoms with Crippen molar-refractivity contribution in [2.24, 2.45) is 17.4 Å². The second kappa shape index (κ2) is 13.8. The van der Waals surface area contributed by atoms with Crippen LogP contribution in [0, 0.1) is 11.3 Å². The van der Waals surface area contributed by atoms with Gasteiger partial charge in [0, 0.05) is 12.5 Å². The SMILES string of the molecule is CC(C)C(=O)N[C@@H](CCCNC(=N)N)C(=O)NCC(=O)NC(=O)[C@@H](N)Cc1ccccc1. The molecule has 0 saturated carbocycles. The highest BCUT2D eigenvalue weighted by Gasteiger charge is 2.23. The molecule has 0 spiro atoms. The molecule has 0 aliphatic rings. The molecule has 4 amide bonds. The predicted octanol–water partition coefficient (Wildman–Crippen LogP) is -1.28. The highest BCUT2D eigenvalue weighted by atomic mass is 16.2. The molecular weight excluding hydrogens is 414 g/mol. The molecule has 0 bridgehead atoms. The zero-order valence-corrected chi connectivity index (χ0v) is 18.4. The Labute approximate surface area is 187 Å². The molecule has 0 heterocycles. The molecule has 0 fully saturated rings. The van der Waals surface area contributed by atoms with Crippen LogP contribution in [0.25, 0.3) is 0 Å². The smallest absolute Gasteiger partial charge is 0.245 e. The lowest BCUT2D eigenvalue weighted by Gasteiger charge is -2.20. The first-order chi connectivity index (χ1) is 15.1. The first kappa shape index (κ1) is 26.6. The van der Waals surface area contributed by atoms with Crippen molar-refractivity contribution < 1.29 is 19.2 Å². The maximum Gasteiger partial charge on any atom is 0.245 e. The topological polar surface area (TPSA) is 192 Å². The number of guanidine groups is 1. The third-order valence-electron chi connectivity index (χ3n) is 4.46. The van der Waals surface area contributed by atoms with E-state index in [1.165, 1.54) is 0 Å². The maximum atomic E-state index is 12.5. The van der Waals surface area contributed by atoms with Crippen molar-refractivity contribution in [3.63, 3.8) is 0 Å². The van der Waals surface area contributed by atoms with E-state index in [0.717, 1.165) is 5.56 Å². The fourth-order valence-electron chi connectivity index (χ4n) is 2.66. The molecule has 0 aliphatic heterocycles. The summed E-state index contributed by atoms with van der Waals surface area (Å²) < 4.78 is 0. The number of hydrogen-bond acceptors (Lipinski definition) is 6. The molecule has 0 unspecified atom stereocenters. The van der Waals surface area contributed by atoms with Crippen molar-refractivity contribution in [1.29, 1.82) is 5.41 Å². The van der Waals surface area contributed by atoms with E-state index in [2.05, 4.69) is 21.3 Å². The summed E-state index contributed by atoms with van der Waals surface area (Å²) in [6, 6.07) is 7.36. The van der Waals surface area contributed by atoms with Gasteiger partial charge in [0.1, 0.15) is 6.04 Å². The van der Waals surface area contributed by atoms with Gasteiger partial charge in [0.2, 0.25) is 23.6 Å². The molecule has 11 nitrogen and oxygen atoms in total. The van der Waals surface area contributed by atoms with E-state index >= 15 is 0 Å². The Kier molecular flexibility index (Phi) is 11.4. The Bertz CT molecular complexity index is 799. The summed E-state index contributed by atoms with van der Waals surface area (Å²) in [7, 11) is 0. The number of carbonyl (C=O) groups is 4. The zero-order chi connectivity index (χ0) is 24.1. The van der Waals surface area contributed by atoms with Gasteiger partial charge in [-0.25, -0.2) is 0 Å². The summed E-state index contributed by atoms with van der Waals surface area (Å²) in [6.07, 6.45) is 0.992. The number of benzene rings is 1. The van der Waals surface area contributed by atoms with E-state index in [9.17, 15) is 19.2 Å². The second-order valence-corrected chi connectivity index (χ2v) is 7.63. The number of amides is 4. The Morgan fingerprint density at radius 1 is 1.00 bits per heavy atom. The Morgan fingerprint density at radius 3 is 2.25 bits per heavy atom. The lowest BCUT2D eigenvalue weighted by Crippen LogP contribution is -2.52. The van der Waals surface area contributed by atoms with Crippen LogP contribution in [-0.2, 0) is 25.6 Å². The highest BCUT2D eigenvalue weighted by molar-refractivity contribution is 6.00. The summed E-state index contributed by atoms with van der Waals surface area (Å²) in [5.74, 6) is -2.74. The largest absolute Gasteiger partial charge is 0.370 e. The average Bonchev–Trinajstić information content (AvgIpc) is 2.74. The highest BCUT2D eigenvalue weighted by Crippen LogP contribution is 2.02. The number of hydrogen-bond donors (Lipinski definition) is 7. The quantitative estimate of drug-likeness (QED) is 0.118. The van der Waals surface area contributed by atoms with Gasteiger partial charge in [-0.05, 0) is 24.8 Å². The van der Waals surface area contributed by atoms with E-state index in [4.69, 9.17) is 16.9 Å². The fraction of sp³-hybridized carbons (Fsp3) is 0.476. The maximum absolute atomic E-state index is 12.5. The van der Waals surface area contributed by atoms with Gasteiger partial charge < -0.3 is 27.4 Å². The number of rotatable bonds is 12. The van der Waals surface area contributed by atoms with Crippen LogP contribution in [0.1, 0.15) is 32.3 Å². The van der Waals surface area contributed by atoms with Crippen molar-refractivity contribution >= 4 is 29.6 Å². The van der Waals surface area contributed by atoms with Crippen molar-refractivity contribution in [3.8, 4) is 0 Å². The number of nitrogens with two attached hydrogens (primary N) is 2. The van der Waals surface area contributed by atoms with Crippen LogP contribution in [0.4, 0.5) is 0 Å². The molecule has 32 heavy (non-hydrogen) atoms. The molecule has 9 N–H and O–H groups in total. The lowest BCUT2D eigenvalue weighted by atomic mass is 10.1. The van der Waals surface area contributed by atoms with Crippen LogP contribution in [0.3, 0.4) is 0 Å². The van der Waals surface area contributed by atoms with Crippen molar-refractivity contribution in [1.82, 2.24) is 21.3 Å². The second-order valence-electron chi connectivity index (χ2n) is 7.63. The minimum Gasteiger partial charge on any atom is -0.370 e. The van der Waals surface area contributed by atoms with Gasteiger partial charge in [0.05, 0.1) is 12.6 Å². The van der Waals surface area contributed by atoms with Gasteiger partial charge in [-0.1, -0.05) is 44.2 Å². The van der Waals surface area contributed by atoms with Crippen molar-refractivity contribution in [2.45, 2.75) is 45.2 Å². The molecule has 0 aromatic heterocycles. The summed E-state index contributed by atoms with van der Waals surface area (Å²) in [5.41, 5.74) is 11.9. The first-order valence-corrected chi connectivity index (χ1v) is 10.4. The third-order valence-corrected chi connectivity index (χ3v) is 4.46. The van der Waals surface area contributed by atoms with Gasteiger partial charge in [0.25, 0.3) is 0 Å². The number of carbonyl (C=O) groups excluding carboxylic acids is 4. The molecule has 1 rings (SSSR count). The number of imide groups is 1. The molecule has 0 radical (unpaired) electrons. The van der Waals surface area contributed by atoms with Crippen LogP contribution in [0.2, 0.25) is 0 Å². The molecule has 1 aromatic carbocycles. The first-order valence-electron chi connectivity index (χ1n) is 10.4. The lowest BCUT2D eigenvalue weighted by molar-refractivity contribution is -0.133. The molecule has 2 atom stereocenters. The van der Waals surface area contributed by atoms with E-state index in [1.807, 2.05) is 30.3 Å². The van der Waals surface area contributed by atoms with E-state index in [0.29, 0.717) is 13.0 Å². The van der Waals surface area contributed by atoms with Gasteiger partial charge in [-0.3, -0.25) is 29.9 Å². The molecular formula is C21H33N7O4. The Balaban J connectivity index is 2.53.